The van der Waals surface area contributed by atoms with E-state index in [1.807, 2.05) is 11.8 Å². The van der Waals surface area contributed by atoms with Gasteiger partial charge in [-0.15, -0.1) is 23.7 Å². The predicted octanol–water partition coefficient (Wildman–Crippen LogP) is 0.529. The molecular weight excluding hydrogens is 354 g/mol. The number of thiophene rings is 1. The molecular formula is C11H18ClN3O3S3. The molecule has 120 valence electrons. The highest BCUT2D eigenvalue weighted by atomic mass is 35.5. The number of carbonyl (C=O) groups is 1. The van der Waals surface area contributed by atoms with Crippen LogP contribution in [0.25, 0.3) is 0 Å². The molecule has 10 heteroatoms. The fraction of sp³-hybridized carbons (Fsp3) is 0.545. The monoisotopic (exact) mass is 371 g/mol. The lowest BCUT2D eigenvalue weighted by molar-refractivity contribution is -0.121. The Hall–Kier alpha value is -0.320. The maximum atomic E-state index is 11.8. The predicted molar refractivity (Wildman–Crippen MR) is 88.5 cm³/mol. The second-order valence-electron chi connectivity index (χ2n) is 4.47. The van der Waals surface area contributed by atoms with Crippen molar-refractivity contribution in [1.82, 2.24) is 10.6 Å². The van der Waals surface area contributed by atoms with Gasteiger partial charge in [-0.3, -0.25) is 4.79 Å². The first kappa shape index (κ1) is 18.7. The Balaban J connectivity index is 0.00000220. The first-order valence-corrected chi connectivity index (χ1v) is 9.66. The van der Waals surface area contributed by atoms with Gasteiger partial charge in [-0.2, -0.15) is 11.8 Å². The Morgan fingerprint density at radius 1 is 1.48 bits per heavy atom. The zero-order valence-electron chi connectivity index (χ0n) is 11.2. The second-order valence-corrected chi connectivity index (χ2v) is 8.58. The Kier molecular flexibility index (Phi) is 7.45. The number of hydrogen-bond donors (Lipinski definition) is 3. The van der Waals surface area contributed by atoms with Gasteiger partial charge in [-0.1, -0.05) is 0 Å². The second kappa shape index (κ2) is 8.35. The largest absolute Gasteiger partial charge is 0.351 e. The van der Waals surface area contributed by atoms with Crippen LogP contribution in [0.3, 0.4) is 0 Å². The normalized spacial score (nSPS) is 18.8. The maximum Gasteiger partial charge on any atom is 0.247 e. The Morgan fingerprint density at radius 3 is 2.81 bits per heavy atom. The fourth-order valence-electron chi connectivity index (χ4n) is 1.84. The van der Waals surface area contributed by atoms with Crippen molar-refractivity contribution in [3.8, 4) is 0 Å². The summed E-state index contributed by atoms with van der Waals surface area (Å²) in [6.07, 6.45) is 0.445. The number of thioether (sulfide) groups is 1. The van der Waals surface area contributed by atoms with E-state index in [0.29, 0.717) is 13.0 Å². The van der Waals surface area contributed by atoms with Gasteiger partial charge in [0.15, 0.2) is 0 Å². The van der Waals surface area contributed by atoms with E-state index in [0.717, 1.165) is 34.3 Å². The molecule has 0 saturated carbocycles. The maximum absolute atomic E-state index is 11.8. The van der Waals surface area contributed by atoms with Gasteiger partial charge in [0.1, 0.15) is 4.21 Å². The molecule has 1 aliphatic rings. The summed E-state index contributed by atoms with van der Waals surface area (Å²) < 4.78 is 22.4. The molecule has 21 heavy (non-hydrogen) atoms. The molecule has 0 aliphatic carbocycles. The third-order valence-electron chi connectivity index (χ3n) is 2.81. The highest BCUT2D eigenvalue weighted by Crippen LogP contribution is 2.20. The van der Waals surface area contributed by atoms with Gasteiger partial charge in [0.25, 0.3) is 0 Å². The van der Waals surface area contributed by atoms with Crippen LogP contribution in [-0.4, -0.2) is 38.4 Å². The van der Waals surface area contributed by atoms with Gasteiger partial charge in [-0.05, 0) is 12.1 Å². The average molecular weight is 372 g/mol. The Morgan fingerprint density at radius 2 is 2.24 bits per heavy atom. The smallest absolute Gasteiger partial charge is 0.247 e. The molecule has 1 atom stereocenters. The fourth-order valence-corrected chi connectivity index (χ4v) is 4.51. The van der Waals surface area contributed by atoms with Gasteiger partial charge in [-0.25, -0.2) is 13.6 Å². The van der Waals surface area contributed by atoms with E-state index in [1.54, 1.807) is 6.07 Å². The van der Waals surface area contributed by atoms with Crippen molar-refractivity contribution in [2.24, 2.45) is 5.14 Å². The number of nitrogens with one attached hydrogen (secondary N) is 2. The van der Waals surface area contributed by atoms with Crippen LogP contribution in [0, 0.1) is 0 Å². The third kappa shape index (κ3) is 6.13. The number of nitrogens with two attached hydrogens (primary N) is 1. The number of rotatable bonds is 5. The standard InChI is InChI=1S/C11H17N3O3S3.ClH/c12-20(16,17)11-2-1-9(19-11)6-14-10(15)5-8-7-18-4-3-13-8;/h1-2,8,13H,3-7H2,(H,14,15)(H2,12,16,17);1H. The highest BCUT2D eigenvalue weighted by molar-refractivity contribution is 7.99. The van der Waals surface area contributed by atoms with Crippen LogP contribution in [0.1, 0.15) is 11.3 Å². The molecule has 1 unspecified atom stereocenters. The van der Waals surface area contributed by atoms with E-state index < -0.39 is 10.0 Å². The van der Waals surface area contributed by atoms with E-state index in [4.69, 9.17) is 5.14 Å². The van der Waals surface area contributed by atoms with Gasteiger partial charge in [0, 0.05) is 35.4 Å². The zero-order chi connectivity index (χ0) is 14.6. The quantitative estimate of drug-likeness (QED) is 0.700. The van der Waals surface area contributed by atoms with Crippen LogP contribution < -0.4 is 15.8 Å². The summed E-state index contributed by atoms with van der Waals surface area (Å²) in [6.45, 7) is 1.27. The Bertz CT molecular complexity index is 570. The zero-order valence-corrected chi connectivity index (χ0v) is 14.5. The summed E-state index contributed by atoms with van der Waals surface area (Å²) in [5.41, 5.74) is 0. The molecule has 0 radical (unpaired) electrons. The van der Waals surface area contributed by atoms with Crippen molar-refractivity contribution in [3.63, 3.8) is 0 Å². The van der Waals surface area contributed by atoms with Crippen molar-refractivity contribution in [3.05, 3.63) is 17.0 Å². The summed E-state index contributed by atoms with van der Waals surface area (Å²) >= 11 is 2.92. The number of primary sulfonamides is 1. The SMILES string of the molecule is Cl.NS(=O)(=O)c1ccc(CNC(=O)CC2CSCCN2)s1. The first-order valence-electron chi connectivity index (χ1n) is 6.14. The lowest BCUT2D eigenvalue weighted by Crippen LogP contribution is -2.41. The molecule has 1 amide bonds. The molecule has 2 heterocycles. The van der Waals surface area contributed by atoms with E-state index in [1.165, 1.54) is 6.07 Å². The summed E-state index contributed by atoms with van der Waals surface area (Å²) in [5.74, 6) is 2.00. The van der Waals surface area contributed by atoms with Crippen molar-refractivity contribution in [2.45, 2.75) is 23.2 Å². The van der Waals surface area contributed by atoms with Crippen LogP contribution in [0.2, 0.25) is 0 Å². The number of sulfonamides is 1. The van der Waals surface area contributed by atoms with Crippen LogP contribution in [0.15, 0.2) is 16.3 Å². The summed E-state index contributed by atoms with van der Waals surface area (Å²) in [4.78, 5) is 12.6. The Labute approximate surface area is 138 Å². The first-order chi connectivity index (χ1) is 9.45. The molecule has 1 aromatic rings. The summed E-state index contributed by atoms with van der Waals surface area (Å²) in [6, 6.07) is 3.34. The molecule has 4 N–H and O–H groups in total. The molecule has 0 aromatic carbocycles. The topological polar surface area (TPSA) is 101 Å². The van der Waals surface area contributed by atoms with Crippen LogP contribution in [-0.2, 0) is 21.4 Å². The highest BCUT2D eigenvalue weighted by Gasteiger charge is 2.17. The van der Waals surface area contributed by atoms with Crippen LogP contribution in [0.5, 0.6) is 0 Å². The van der Waals surface area contributed by atoms with E-state index >= 15 is 0 Å². The molecule has 1 aromatic heterocycles. The molecule has 0 spiro atoms. The molecule has 0 bridgehead atoms. The minimum absolute atomic E-state index is 0. The van der Waals surface area contributed by atoms with Gasteiger partial charge >= 0.3 is 0 Å². The lowest BCUT2D eigenvalue weighted by atomic mass is 10.2. The van der Waals surface area contributed by atoms with Crippen molar-refractivity contribution in [1.29, 1.82) is 0 Å². The van der Waals surface area contributed by atoms with Gasteiger partial charge in [0.05, 0.1) is 6.54 Å². The van der Waals surface area contributed by atoms with E-state index in [2.05, 4.69) is 10.6 Å². The number of halogens is 1. The van der Waals surface area contributed by atoms with Crippen LogP contribution in [0.4, 0.5) is 0 Å². The number of carbonyl (C=O) groups excluding carboxylic acids is 1. The van der Waals surface area contributed by atoms with E-state index in [-0.39, 0.29) is 28.6 Å². The number of amides is 1. The molecule has 1 aliphatic heterocycles. The van der Waals surface area contributed by atoms with Crippen molar-refractivity contribution in [2.75, 3.05) is 18.1 Å². The molecule has 2 rings (SSSR count). The molecule has 1 fully saturated rings. The minimum atomic E-state index is -3.65. The van der Waals surface area contributed by atoms with Crippen molar-refractivity contribution >= 4 is 51.4 Å². The van der Waals surface area contributed by atoms with Crippen molar-refractivity contribution < 1.29 is 13.2 Å². The van der Waals surface area contributed by atoms with Gasteiger partial charge in [0.2, 0.25) is 15.9 Å². The van der Waals surface area contributed by atoms with Crippen LogP contribution >= 0.6 is 35.5 Å². The molecule has 1 saturated heterocycles. The third-order valence-corrected chi connectivity index (χ3v) is 6.46. The summed E-state index contributed by atoms with van der Waals surface area (Å²) in [7, 11) is -3.65. The van der Waals surface area contributed by atoms with Gasteiger partial charge < -0.3 is 10.6 Å². The van der Waals surface area contributed by atoms with E-state index in [9.17, 15) is 13.2 Å². The lowest BCUT2D eigenvalue weighted by Gasteiger charge is -2.22. The number of hydrogen-bond acceptors (Lipinski definition) is 6. The molecule has 6 nitrogen and oxygen atoms in total. The average Bonchev–Trinajstić information content (AvgIpc) is 2.86. The minimum Gasteiger partial charge on any atom is -0.351 e. The summed E-state index contributed by atoms with van der Waals surface area (Å²) in [5, 5.41) is 11.1.